The number of piperidine rings is 1. The Morgan fingerprint density at radius 2 is 1.92 bits per heavy atom. The van der Waals surface area contributed by atoms with Crippen molar-refractivity contribution in [1.82, 2.24) is 10.2 Å². The standard InChI is InChI=1S/C19H30N4O2/c1-3-19(4-2,14-20)22-17(24)15-9-8-12-23(13-15)18(25)21-16-10-6-5-7-11-16/h5-7,10-11,15H,3-4,8-9,12-14,20H2,1-2H3,(H,21,25)(H,22,24). The number of carbonyl (C=O) groups is 2. The van der Waals surface area contributed by atoms with Crippen LogP contribution in [0.15, 0.2) is 30.3 Å². The molecule has 0 radical (unpaired) electrons. The van der Waals surface area contributed by atoms with Gasteiger partial charge >= 0.3 is 6.03 Å². The van der Waals surface area contributed by atoms with Crippen LogP contribution in [-0.4, -0.2) is 42.0 Å². The highest BCUT2D eigenvalue weighted by atomic mass is 16.2. The monoisotopic (exact) mass is 346 g/mol. The second-order valence-electron chi connectivity index (χ2n) is 6.76. The van der Waals surface area contributed by atoms with Gasteiger partial charge in [0, 0.05) is 25.3 Å². The number of carbonyl (C=O) groups excluding carboxylic acids is 2. The highest BCUT2D eigenvalue weighted by Crippen LogP contribution is 2.21. The molecular weight excluding hydrogens is 316 g/mol. The number of nitrogens with zero attached hydrogens (tertiary/aromatic N) is 1. The number of hydrogen-bond acceptors (Lipinski definition) is 3. The van der Waals surface area contributed by atoms with Crippen molar-refractivity contribution in [2.45, 2.75) is 45.1 Å². The fraction of sp³-hybridized carbons (Fsp3) is 0.579. The Balaban J connectivity index is 1.95. The predicted octanol–water partition coefficient (Wildman–Crippen LogP) is 2.56. The van der Waals surface area contributed by atoms with Gasteiger partial charge in [-0.3, -0.25) is 4.79 Å². The number of para-hydroxylation sites is 1. The van der Waals surface area contributed by atoms with Crippen LogP contribution in [0, 0.1) is 5.92 Å². The van der Waals surface area contributed by atoms with Crippen molar-refractivity contribution in [3.63, 3.8) is 0 Å². The number of nitrogens with two attached hydrogens (primary N) is 1. The molecule has 0 saturated carbocycles. The molecule has 1 fully saturated rings. The van der Waals surface area contributed by atoms with Gasteiger partial charge in [0.1, 0.15) is 0 Å². The van der Waals surface area contributed by atoms with Crippen LogP contribution in [0.4, 0.5) is 10.5 Å². The van der Waals surface area contributed by atoms with E-state index in [1.807, 2.05) is 44.2 Å². The fourth-order valence-corrected chi connectivity index (χ4v) is 3.23. The van der Waals surface area contributed by atoms with Crippen LogP contribution in [-0.2, 0) is 4.79 Å². The molecule has 0 aliphatic carbocycles. The number of rotatable bonds is 6. The molecule has 0 spiro atoms. The Morgan fingerprint density at radius 1 is 1.24 bits per heavy atom. The lowest BCUT2D eigenvalue weighted by Gasteiger charge is -2.36. The first-order chi connectivity index (χ1) is 12.0. The van der Waals surface area contributed by atoms with Gasteiger partial charge in [0.2, 0.25) is 5.91 Å². The molecule has 4 N–H and O–H groups in total. The summed E-state index contributed by atoms with van der Waals surface area (Å²) in [7, 11) is 0. The Kier molecular flexibility index (Phi) is 6.82. The second kappa shape index (κ2) is 8.85. The van der Waals surface area contributed by atoms with Crippen molar-refractivity contribution in [3.05, 3.63) is 30.3 Å². The Bertz CT molecular complexity index is 564. The molecule has 1 unspecified atom stereocenters. The maximum absolute atomic E-state index is 12.7. The van der Waals surface area contributed by atoms with Crippen LogP contribution in [0.1, 0.15) is 39.5 Å². The summed E-state index contributed by atoms with van der Waals surface area (Å²) in [4.78, 5) is 26.9. The van der Waals surface area contributed by atoms with E-state index in [4.69, 9.17) is 5.73 Å². The normalized spacial score (nSPS) is 17.9. The minimum atomic E-state index is -0.342. The highest BCUT2D eigenvalue weighted by molar-refractivity contribution is 5.90. The van der Waals surface area contributed by atoms with E-state index in [-0.39, 0.29) is 23.4 Å². The third-order valence-corrected chi connectivity index (χ3v) is 5.24. The minimum Gasteiger partial charge on any atom is -0.349 e. The van der Waals surface area contributed by atoms with E-state index in [0.29, 0.717) is 19.6 Å². The van der Waals surface area contributed by atoms with Crippen molar-refractivity contribution >= 4 is 17.6 Å². The largest absolute Gasteiger partial charge is 0.349 e. The molecule has 1 aliphatic rings. The van der Waals surface area contributed by atoms with Crippen molar-refractivity contribution in [2.24, 2.45) is 11.7 Å². The Morgan fingerprint density at radius 3 is 2.52 bits per heavy atom. The van der Waals surface area contributed by atoms with Crippen LogP contribution in [0.5, 0.6) is 0 Å². The van der Waals surface area contributed by atoms with Gasteiger partial charge in [0.25, 0.3) is 0 Å². The number of urea groups is 1. The quantitative estimate of drug-likeness (QED) is 0.740. The zero-order valence-electron chi connectivity index (χ0n) is 15.3. The number of anilines is 1. The third kappa shape index (κ3) is 4.95. The summed E-state index contributed by atoms with van der Waals surface area (Å²) < 4.78 is 0. The third-order valence-electron chi connectivity index (χ3n) is 5.24. The molecule has 6 nitrogen and oxygen atoms in total. The molecule has 6 heteroatoms. The number of hydrogen-bond donors (Lipinski definition) is 3. The number of benzene rings is 1. The van der Waals surface area contributed by atoms with E-state index in [1.165, 1.54) is 0 Å². The number of amides is 3. The molecule has 1 heterocycles. The number of likely N-dealkylation sites (tertiary alicyclic amines) is 1. The van der Waals surface area contributed by atoms with Crippen LogP contribution in [0.2, 0.25) is 0 Å². The lowest BCUT2D eigenvalue weighted by atomic mass is 9.90. The topological polar surface area (TPSA) is 87.5 Å². The lowest BCUT2D eigenvalue weighted by Crippen LogP contribution is -2.56. The first-order valence-electron chi connectivity index (χ1n) is 9.16. The van der Waals surface area contributed by atoms with E-state index in [9.17, 15) is 9.59 Å². The van der Waals surface area contributed by atoms with E-state index < -0.39 is 0 Å². The molecule has 1 aliphatic heterocycles. The SMILES string of the molecule is CCC(CC)(CN)NC(=O)C1CCCN(C(=O)Nc2ccccc2)C1. The zero-order chi connectivity index (χ0) is 18.3. The maximum Gasteiger partial charge on any atom is 0.321 e. The van der Waals surface area contributed by atoms with E-state index in [0.717, 1.165) is 31.4 Å². The van der Waals surface area contributed by atoms with Crippen molar-refractivity contribution in [2.75, 3.05) is 25.0 Å². The van der Waals surface area contributed by atoms with E-state index >= 15 is 0 Å². The van der Waals surface area contributed by atoms with Crippen molar-refractivity contribution in [1.29, 1.82) is 0 Å². The molecule has 25 heavy (non-hydrogen) atoms. The van der Waals surface area contributed by atoms with Gasteiger partial charge in [-0.15, -0.1) is 0 Å². The first kappa shape index (κ1) is 19.2. The smallest absolute Gasteiger partial charge is 0.321 e. The van der Waals surface area contributed by atoms with Crippen molar-refractivity contribution < 1.29 is 9.59 Å². The number of nitrogens with one attached hydrogen (secondary N) is 2. The maximum atomic E-state index is 12.7. The lowest BCUT2D eigenvalue weighted by molar-refractivity contribution is -0.128. The summed E-state index contributed by atoms with van der Waals surface area (Å²) in [5.74, 6) is -0.175. The molecule has 0 bridgehead atoms. The van der Waals surface area contributed by atoms with Gasteiger partial charge in [-0.2, -0.15) is 0 Å². The van der Waals surface area contributed by atoms with Crippen molar-refractivity contribution in [3.8, 4) is 0 Å². The van der Waals surface area contributed by atoms with Gasteiger partial charge < -0.3 is 21.3 Å². The fourth-order valence-electron chi connectivity index (χ4n) is 3.23. The summed E-state index contributed by atoms with van der Waals surface area (Å²) in [5.41, 5.74) is 6.30. The van der Waals surface area contributed by atoms with Crippen LogP contribution in [0.3, 0.4) is 0 Å². The van der Waals surface area contributed by atoms with Crippen LogP contribution in [0.25, 0.3) is 0 Å². The molecular formula is C19H30N4O2. The molecule has 3 amide bonds. The van der Waals surface area contributed by atoms with E-state index in [2.05, 4.69) is 10.6 Å². The summed E-state index contributed by atoms with van der Waals surface area (Å²) in [6.07, 6.45) is 3.23. The summed E-state index contributed by atoms with van der Waals surface area (Å²) >= 11 is 0. The zero-order valence-corrected chi connectivity index (χ0v) is 15.3. The highest BCUT2D eigenvalue weighted by Gasteiger charge is 2.33. The molecule has 1 aromatic rings. The van der Waals surface area contributed by atoms with Gasteiger partial charge in [0.15, 0.2) is 0 Å². The molecule has 1 saturated heterocycles. The molecule has 138 valence electrons. The summed E-state index contributed by atoms with van der Waals surface area (Å²) in [6, 6.07) is 9.21. The molecule has 0 aromatic heterocycles. The molecule has 1 atom stereocenters. The van der Waals surface area contributed by atoms with Gasteiger partial charge in [0.05, 0.1) is 11.5 Å². The van der Waals surface area contributed by atoms with Gasteiger partial charge in [-0.25, -0.2) is 4.79 Å². The van der Waals surface area contributed by atoms with Crippen LogP contribution < -0.4 is 16.4 Å². The van der Waals surface area contributed by atoms with Gasteiger partial charge in [-0.05, 0) is 37.8 Å². The Labute approximate surface area is 150 Å². The molecule has 2 rings (SSSR count). The Hall–Kier alpha value is -2.08. The predicted molar refractivity (Wildman–Crippen MR) is 100 cm³/mol. The average molecular weight is 346 g/mol. The first-order valence-corrected chi connectivity index (χ1v) is 9.16. The average Bonchev–Trinajstić information content (AvgIpc) is 2.67. The minimum absolute atomic E-state index is 0.00589. The second-order valence-corrected chi connectivity index (χ2v) is 6.76. The summed E-state index contributed by atoms with van der Waals surface area (Å²) in [6.45, 7) is 5.62. The molecule has 1 aromatic carbocycles. The van der Waals surface area contributed by atoms with Gasteiger partial charge in [-0.1, -0.05) is 32.0 Å². The van der Waals surface area contributed by atoms with E-state index in [1.54, 1.807) is 4.90 Å². The summed E-state index contributed by atoms with van der Waals surface area (Å²) in [5, 5.41) is 6.02. The van der Waals surface area contributed by atoms with Crippen LogP contribution >= 0.6 is 0 Å².